The van der Waals surface area contributed by atoms with E-state index in [2.05, 4.69) is 41.2 Å². The molecular weight excluding hydrogens is 388 g/mol. The SMILES string of the molecule is Cc1cccc(CN2CCN(C(=O)c3nn(CC(C)C)c(=O)c4ccccc34)CC2)c1. The van der Waals surface area contributed by atoms with E-state index < -0.39 is 0 Å². The van der Waals surface area contributed by atoms with Gasteiger partial charge in [0.25, 0.3) is 11.5 Å². The fourth-order valence-electron chi connectivity index (χ4n) is 4.19. The summed E-state index contributed by atoms with van der Waals surface area (Å²) >= 11 is 0. The van der Waals surface area contributed by atoms with E-state index in [0.717, 1.165) is 19.6 Å². The molecule has 0 spiro atoms. The molecule has 1 aromatic heterocycles. The first-order valence-electron chi connectivity index (χ1n) is 11.0. The number of benzene rings is 2. The third kappa shape index (κ3) is 4.69. The lowest BCUT2D eigenvalue weighted by Gasteiger charge is -2.34. The summed E-state index contributed by atoms with van der Waals surface area (Å²) in [6.07, 6.45) is 0. The van der Waals surface area contributed by atoms with Gasteiger partial charge in [-0.3, -0.25) is 14.5 Å². The number of amides is 1. The Balaban J connectivity index is 1.53. The van der Waals surface area contributed by atoms with Crippen LogP contribution >= 0.6 is 0 Å². The van der Waals surface area contributed by atoms with Crippen molar-refractivity contribution in [1.29, 1.82) is 0 Å². The number of fused-ring (bicyclic) bond motifs is 1. The number of aromatic nitrogens is 2. The summed E-state index contributed by atoms with van der Waals surface area (Å²) in [6, 6.07) is 15.9. The molecule has 1 amide bonds. The van der Waals surface area contributed by atoms with E-state index in [1.54, 1.807) is 6.07 Å². The smallest absolute Gasteiger partial charge is 0.275 e. The van der Waals surface area contributed by atoms with E-state index in [0.29, 0.717) is 36.1 Å². The topological polar surface area (TPSA) is 58.4 Å². The molecule has 1 aliphatic rings. The molecule has 1 aliphatic heterocycles. The van der Waals surface area contributed by atoms with Crippen LogP contribution in [0.2, 0.25) is 0 Å². The second-order valence-electron chi connectivity index (χ2n) is 8.83. The highest BCUT2D eigenvalue weighted by atomic mass is 16.2. The lowest BCUT2D eigenvalue weighted by atomic mass is 10.1. The zero-order valence-electron chi connectivity index (χ0n) is 18.5. The predicted octanol–water partition coefficient (Wildman–Crippen LogP) is 3.32. The highest BCUT2D eigenvalue weighted by Crippen LogP contribution is 2.18. The van der Waals surface area contributed by atoms with Crippen LogP contribution in [0.1, 0.15) is 35.5 Å². The number of carbonyl (C=O) groups excluding carboxylic acids is 1. The maximum absolute atomic E-state index is 13.4. The minimum absolute atomic E-state index is 0.0936. The van der Waals surface area contributed by atoms with Crippen LogP contribution in [0.4, 0.5) is 0 Å². The molecule has 2 aromatic carbocycles. The molecule has 0 saturated carbocycles. The standard InChI is InChI=1S/C25H30N4O2/c1-18(2)16-29-24(30)22-10-5-4-9-21(22)23(26-29)25(31)28-13-11-27(12-14-28)17-20-8-6-7-19(3)15-20/h4-10,15,18H,11-14,16-17H2,1-3H3. The Labute approximate surface area is 183 Å². The molecule has 0 N–H and O–H groups in total. The van der Waals surface area contributed by atoms with Crippen molar-refractivity contribution >= 4 is 16.7 Å². The summed E-state index contributed by atoms with van der Waals surface area (Å²) in [6.45, 7) is 10.5. The highest BCUT2D eigenvalue weighted by molar-refractivity contribution is 6.04. The van der Waals surface area contributed by atoms with Gasteiger partial charge in [0.15, 0.2) is 5.69 Å². The van der Waals surface area contributed by atoms with E-state index in [9.17, 15) is 9.59 Å². The molecule has 0 atom stereocenters. The van der Waals surface area contributed by atoms with Crippen molar-refractivity contribution in [3.8, 4) is 0 Å². The van der Waals surface area contributed by atoms with Gasteiger partial charge in [-0.15, -0.1) is 0 Å². The fraction of sp³-hybridized carbons (Fsp3) is 0.400. The van der Waals surface area contributed by atoms with Crippen molar-refractivity contribution in [1.82, 2.24) is 19.6 Å². The Hall–Kier alpha value is -2.99. The van der Waals surface area contributed by atoms with Crippen molar-refractivity contribution in [2.45, 2.75) is 33.9 Å². The van der Waals surface area contributed by atoms with Crippen LogP contribution in [0.5, 0.6) is 0 Å². The zero-order chi connectivity index (χ0) is 22.0. The van der Waals surface area contributed by atoms with Crippen LogP contribution in [0, 0.1) is 12.8 Å². The summed E-state index contributed by atoms with van der Waals surface area (Å²) in [5.74, 6) is 0.170. The molecule has 6 heteroatoms. The van der Waals surface area contributed by atoms with Gasteiger partial charge in [0, 0.05) is 44.7 Å². The Morgan fingerprint density at radius 3 is 2.39 bits per heavy atom. The second-order valence-corrected chi connectivity index (χ2v) is 8.83. The lowest BCUT2D eigenvalue weighted by molar-refractivity contribution is 0.0622. The van der Waals surface area contributed by atoms with Gasteiger partial charge in [0.1, 0.15) is 0 Å². The van der Waals surface area contributed by atoms with E-state index in [4.69, 9.17) is 0 Å². The molecule has 0 bridgehead atoms. The number of rotatable bonds is 5. The van der Waals surface area contributed by atoms with Gasteiger partial charge < -0.3 is 4.90 Å². The van der Waals surface area contributed by atoms with E-state index in [-0.39, 0.29) is 17.4 Å². The van der Waals surface area contributed by atoms with E-state index >= 15 is 0 Å². The van der Waals surface area contributed by atoms with Gasteiger partial charge in [0.2, 0.25) is 0 Å². The van der Waals surface area contributed by atoms with Crippen molar-refractivity contribution < 1.29 is 4.79 Å². The van der Waals surface area contributed by atoms with Gasteiger partial charge in [-0.25, -0.2) is 4.68 Å². The van der Waals surface area contributed by atoms with Crippen molar-refractivity contribution in [2.24, 2.45) is 5.92 Å². The second kappa shape index (κ2) is 9.02. The van der Waals surface area contributed by atoms with Crippen LogP contribution in [0.3, 0.4) is 0 Å². The predicted molar refractivity (Wildman–Crippen MR) is 123 cm³/mol. The molecular formula is C25H30N4O2. The van der Waals surface area contributed by atoms with Crippen LogP contribution in [-0.4, -0.2) is 51.7 Å². The number of aryl methyl sites for hydroxylation is 1. The Morgan fingerprint density at radius 1 is 1.00 bits per heavy atom. The summed E-state index contributed by atoms with van der Waals surface area (Å²) in [7, 11) is 0. The fourth-order valence-corrected chi connectivity index (χ4v) is 4.19. The molecule has 6 nitrogen and oxygen atoms in total. The summed E-state index contributed by atoms with van der Waals surface area (Å²) < 4.78 is 1.45. The molecule has 4 rings (SSSR count). The van der Waals surface area contributed by atoms with E-state index in [1.165, 1.54) is 15.8 Å². The summed E-state index contributed by atoms with van der Waals surface area (Å²) in [5.41, 5.74) is 2.81. The Bertz CT molecular complexity index is 1140. The Kier molecular flexibility index (Phi) is 6.18. The maximum atomic E-state index is 13.4. The summed E-state index contributed by atoms with van der Waals surface area (Å²) in [4.78, 5) is 30.5. The van der Waals surface area contributed by atoms with Crippen molar-refractivity contribution in [2.75, 3.05) is 26.2 Å². The molecule has 0 aliphatic carbocycles. The van der Waals surface area contributed by atoms with Crippen LogP contribution < -0.4 is 5.56 Å². The first kappa shape index (κ1) is 21.2. The first-order valence-corrected chi connectivity index (χ1v) is 11.0. The quantitative estimate of drug-likeness (QED) is 0.638. The zero-order valence-corrected chi connectivity index (χ0v) is 18.5. The molecule has 1 saturated heterocycles. The molecule has 2 heterocycles. The number of nitrogens with zero attached hydrogens (tertiary/aromatic N) is 4. The monoisotopic (exact) mass is 418 g/mol. The number of piperazine rings is 1. The van der Waals surface area contributed by atoms with Gasteiger partial charge in [-0.05, 0) is 24.5 Å². The van der Waals surface area contributed by atoms with Gasteiger partial charge >= 0.3 is 0 Å². The normalized spacial score (nSPS) is 15.0. The molecule has 3 aromatic rings. The highest BCUT2D eigenvalue weighted by Gasteiger charge is 2.26. The van der Waals surface area contributed by atoms with Gasteiger partial charge in [0.05, 0.1) is 5.39 Å². The number of hydrogen-bond acceptors (Lipinski definition) is 4. The average molecular weight is 419 g/mol. The maximum Gasteiger partial charge on any atom is 0.275 e. The molecule has 31 heavy (non-hydrogen) atoms. The molecule has 1 fully saturated rings. The van der Waals surface area contributed by atoms with Crippen LogP contribution in [0.25, 0.3) is 10.8 Å². The average Bonchev–Trinajstić information content (AvgIpc) is 2.75. The number of carbonyl (C=O) groups is 1. The third-order valence-corrected chi connectivity index (χ3v) is 5.76. The minimum Gasteiger partial charge on any atom is -0.335 e. The molecule has 0 radical (unpaired) electrons. The lowest BCUT2D eigenvalue weighted by Crippen LogP contribution is -2.48. The third-order valence-electron chi connectivity index (χ3n) is 5.76. The first-order chi connectivity index (χ1) is 14.9. The van der Waals surface area contributed by atoms with Gasteiger partial charge in [-0.2, -0.15) is 5.10 Å². The number of hydrogen-bond donors (Lipinski definition) is 0. The van der Waals surface area contributed by atoms with Crippen LogP contribution in [-0.2, 0) is 13.1 Å². The van der Waals surface area contributed by atoms with Crippen molar-refractivity contribution in [3.05, 3.63) is 75.7 Å². The molecule has 162 valence electrons. The van der Waals surface area contributed by atoms with Crippen LogP contribution in [0.15, 0.2) is 53.3 Å². The van der Waals surface area contributed by atoms with E-state index in [1.807, 2.05) is 36.9 Å². The summed E-state index contributed by atoms with van der Waals surface area (Å²) in [5, 5.41) is 5.71. The molecule has 0 unspecified atom stereocenters. The Morgan fingerprint density at radius 2 is 1.71 bits per heavy atom. The van der Waals surface area contributed by atoms with Crippen molar-refractivity contribution in [3.63, 3.8) is 0 Å². The minimum atomic E-state index is -0.135. The largest absolute Gasteiger partial charge is 0.335 e. The van der Waals surface area contributed by atoms with Gasteiger partial charge in [-0.1, -0.05) is 61.9 Å².